The third-order valence-electron chi connectivity index (χ3n) is 2.97. The van der Waals surface area contributed by atoms with Gasteiger partial charge in [0.25, 0.3) is 0 Å². The van der Waals surface area contributed by atoms with Gasteiger partial charge in [0, 0.05) is 19.6 Å². The quantitative estimate of drug-likeness (QED) is 0.601. The van der Waals surface area contributed by atoms with Gasteiger partial charge in [-0.1, -0.05) is 19.8 Å². The standard InChI is InChI=1S/C13H24N2O3/c1-4-5-6-7-14-12(16)13(17)15-8-10(2)18-11(3)9-15/h10-11H,4-9H2,1-3H3,(H,14,16). The van der Waals surface area contributed by atoms with Crippen LogP contribution in [-0.2, 0) is 14.3 Å². The lowest BCUT2D eigenvalue weighted by Gasteiger charge is -2.34. The highest BCUT2D eigenvalue weighted by atomic mass is 16.5. The van der Waals surface area contributed by atoms with Gasteiger partial charge < -0.3 is 15.0 Å². The zero-order valence-electron chi connectivity index (χ0n) is 11.6. The van der Waals surface area contributed by atoms with Gasteiger partial charge in [-0.15, -0.1) is 0 Å². The first kappa shape index (κ1) is 15.0. The largest absolute Gasteiger partial charge is 0.372 e. The molecule has 104 valence electrons. The van der Waals surface area contributed by atoms with Crippen LogP contribution in [0.4, 0.5) is 0 Å². The summed E-state index contributed by atoms with van der Waals surface area (Å²) in [5.74, 6) is -0.930. The van der Waals surface area contributed by atoms with Gasteiger partial charge in [-0.3, -0.25) is 9.59 Å². The maximum absolute atomic E-state index is 11.9. The monoisotopic (exact) mass is 256 g/mol. The summed E-state index contributed by atoms with van der Waals surface area (Å²) in [7, 11) is 0. The van der Waals surface area contributed by atoms with Crippen LogP contribution in [0.15, 0.2) is 0 Å². The van der Waals surface area contributed by atoms with Gasteiger partial charge in [0.05, 0.1) is 12.2 Å². The lowest BCUT2D eigenvalue weighted by molar-refractivity contribution is -0.153. The van der Waals surface area contributed by atoms with Gasteiger partial charge in [0.15, 0.2) is 0 Å². The van der Waals surface area contributed by atoms with Crippen LogP contribution >= 0.6 is 0 Å². The van der Waals surface area contributed by atoms with E-state index >= 15 is 0 Å². The van der Waals surface area contributed by atoms with E-state index in [1.165, 1.54) is 0 Å². The SMILES string of the molecule is CCCCCNC(=O)C(=O)N1CC(C)OC(C)C1. The zero-order valence-corrected chi connectivity index (χ0v) is 11.6. The minimum Gasteiger partial charge on any atom is -0.372 e. The highest BCUT2D eigenvalue weighted by Crippen LogP contribution is 2.10. The normalized spacial score (nSPS) is 23.8. The van der Waals surface area contributed by atoms with E-state index in [1.807, 2.05) is 13.8 Å². The predicted octanol–water partition coefficient (Wildman–Crippen LogP) is 0.929. The van der Waals surface area contributed by atoms with Crippen LogP contribution in [-0.4, -0.2) is 48.6 Å². The smallest absolute Gasteiger partial charge is 0.312 e. The number of nitrogens with one attached hydrogen (secondary N) is 1. The fourth-order valence-corrected chi connectivity index (χ4v) is 2.14. The first-order valence-corrected chi connectivity index (χ1v) is 6.77. The number of carbonyl (C=O) groups excluding carboxylic acids is 2. The van der Waals surface area contributed by atoms with E-state index in [-0.39, 0.29) is 12.2 Å². The number of unbranched alkanes of at least 4 members (excludes halogenated alkanes) is 2. The van der Waals surface area contributed by atoms with Crippen molar-refractivity contribution >= 4 is 11.8 Å². The van der Waals surface area contributed by atoms with Gasteiger partial charge in [0.1, 0.15) is 0 Å². The predicted molar refractivity (Wildman–Crippen MR) is 69.1 cm³/mol. The molecule has 1 saturated heterocycles. The second-order valence-electron chi connectivity index (χ2n) is 4.93. The number of carbonyl (C=O) groups is 2. The number of hydrogen-bond acceptors (Lipinski definition) is 3. The lowest BCUT2D eigenvalue weighted by atomic mass is 10.2. The highest BCUT2D eigenvalue weighted by Gasteiger charge is 2.29. The van der Waals surface area contributed by atoms with Crippen LogP contribution in [0.5, 0.6) is 0 Å². The van der Waals surface area contributed by atoms with Crippen LogP contribution in [0.2, 0.25) is 0 Å². The Morgan fingerprint density at radius 3 is 2.39 bits per heavy atom. The number of nitrogens with zero attached hydrogens (tertiary/aromatic N) is 1. The molecule has 0 bridgehead atoms. The van der Waals surface area contributed by atoms with E-state index in [9.17, 15) is 9.59 Å². The van der Waals surface area contributed by atoms with Gasteiger partial charge in [-0.2, -0.15) is 0 Å². The fourth-order valence-electron chi connectivity index (χ4n) is 2.14. The van der Waals surface area contributed by atoms with Crippen molar-refractivity contribution in [1.82, 2.24) is 10.2 Å². The molecule has 18 heavy (non-hydrogen) atoms. The Morgan fingerprint density at radius 1 is 1.22 bits per heavy atom. The third kappa shape index (κ3) is 4.64. The molecule has 1 heterocycles. The van der Waals surface area contributed by atoms with Crippen molar-refractivity contribution in [3.8, 4) is 0 Å². The molecule has 1 fully saturated rings. The molecule has 2 amide bonds. The molecular formula is C13H24N2O3. The number of ether oxygens (including phenoxy) is 1. The Kier molecular flexibility index (Phi) is 6.12. The zero-order chi connectivity index (χ0) is 13.5. The van der Waals surface area contributed by atoms with Crippen molar-refractivity contribution in [1.29, 1.82) is 0 Å². The van der Waals surface area contributed by atoms with E-state index in [0.717, 1.165) is 19.3 Å². The summed E-state index contributed by atoms with van der Waals surface area (Å²) in [5.41, 5.74) is 0. The summed E-state index contributed by atoms with van der Waals surface area (Å²) in [6.45, 7) is 7.48. The number of rotatable bonds is 4. The van der Waals surface area contributed by atoms with E-state index in [4.69, 9.17) is 4.74 Å². The molecule has 2 atom stereocenters. The van der Waals surface area contributed by atoms with Gasteiger partial charge >= 0.3 is 11.8 Å². The summed E-state index contributed by atoms with van der Waals surface area (Å²) in [6, 6.07) is 0. The van der Waals surface area contributed by atoms with Crippen LogP contribution in [0, 0.1) is 0 Å². The molecule has 1 rings (SSSR count). The van der Waals surface area contributed by atoms with Crippen LogP contribution in [0.1, 0.15) is 40.0 Å². The molecule has 0 aromatic carbocycles. The Hall–Kier alpha value is -1.10. The number of morpholine rings is 1. The maximum atomic E-state index is 11.9. The Labute approximate surface area is 109 Å². The molecule has 0 aliphatic carbocycles. The van der Waals surface area contributed by atoms with Crippen LogP contribution in [0.3, 0.4) is 0 Å². The average Bonchev–Trinajstić information content (AvgIpc) is 2.32. The first-order chi connectivity index (χ1) is 8.54. The summed E-state index contributed by atoms with van der Waals surface area (Å²) >= 11 is 0. The molecule has 0 spiro atoms. The number of amides is 2. The van der Waals surface area contributed by atoms with E-state index in [1.54, 1.807) is 4.90 Å². The van der Waals surface area contributed by atoms with Crippen molar-refractivity contribution in [2.24, 2.45) is 0 Å². The van der Waals surface area contributed by atoms with Gasteiger partial charge in [-0.25, -0.2) is 0 Å². The second kappa shape index (κ2) is 7.36. The molecule has 1 aliphatic heterocycles. The molecular weight excluding hydrogens is 232 g/mol. The summed E-state index contributed by atoms with van der Waals surface area (Å²) in [4.78, 5) is 25.2. The molecule has 1 aliphatic rings. The third-order valence-corrected chi connectivity index (χ3v) is 2.97. The fraction of sp³-hybridized carbons (Fsp3) is 0.846. The summed E-state index contributed by atoms with van der Waals surface area (Å²) < 4.78 is 5.53. The Balaban J connectivity index is 2.36. The summed E-state index contributed by atoms with van der Waals surface area (Å²) in [5, 5.41) is 2.67. The second-order valence-corrected chi connectivity index (χ2v) is 4.93. The molecule has 0 aromatic rings. The number of hydrogen-bond donors (Lipinski definition) is 1. The van der Waals surface area contributed by atoms with Gasteiger partial charge in [0.2, 0.25) is 0 Å². The molecule has 0 aromatic heterocycles. The average molecular weight is 256 g/mol. The Morgan fingerprint density at radius 2 is 1.83 bits per heavy atom. The summed E-state index contributed by atoms with van der Waals surface area (Å²) in [6.07, 6.45) is 3.07. The first-order valence-electron chi connectivity index (χ1n) is 6.77. The topological polar surface area (TPSA) is 58.6 Å². The minimum atomic E-state index is -0.493. The van der Waals surface area contributed by atoms with Gasteiger partial charge in [-0.05, 0) is 20.3 Å². The van der Waals surface area contributed by atoms with Crippen molar-refractivity contribution in [2.75, 3.05) is 19.6 Å². The molecule has 2 unspecified atom stereocenters. The van der Waals surface area contributed by atoms with E-state index in [0.29, 0.717) is 19.6 Å². The molecule has 5 nitrogen and oxygen atoms in total. The molecule has 0 radical (unpaired) electrons. The maximum Gasteiger partial charge on any atom is 0.312 e. The van der Waals surface area contributed by atoms with E-state index in [2.05, 4.69) is 12.2 Å². The van der Waals surface area contributed by atoms with Crippen molar-refractivity contribution in [2.45, 2.75) is 52.2 Å². The minimum absolute atomic E-state index is 0.00871. The van der Waals surface area contributed by atoms with Crippen molar-refractivity contribution < 1.29 is 14.3 Å². The van der Waals surface area contributed by atoms with Crippen LogP contribution < -0.4 is 5.32 Å². The molecule has 0 saturated carbocycles. The van der Waals surface area contributed by atoms with Crippen molar-refractivity contribution in [3.05, 3.63) is 0 Å². The van der Waals surface area contributed by atoms with Crippen molar-refractivity contribution in [3.63, 3.8) is 0 Å². The molecule has 5 heteroatoms. The Bertz CT molecular complexity index is 284. The van der Waals surface area contributed by atoms with Crippen LogP contribution in [0.25, 0.3) is 0 Å². The van der Waals surface area contributed by atoms with E-state index < -0.39 is 11.8 Å². The highest BCUT2D eigenvalue weighted by molar-refractivity contribution is 6.35. The molecule has 1 N–H and O–H groups in total. The lowest BCUT2D eigenvalue weighted by Crippen LogP contribution is -2.52.